The van der Waals surface area contributed by atoms with Gasteiger partial charge in [-0.3, -0.25) is 4.90 Å². The maximum Gasteiger partial charge on any atom is 0.208 e. The Morgan fingerprint density at radius 2 is 2.09 bits per heavy atom. The van der Waals surface area contributed by atoms with Crippen molar-refractivity contribution in [2.45, 2.75) is 39.3 Å². The zero-order valence-corrected chi connectivity index (χ0v) is 14.3. The molecule has 5 heteroatoms. The van der Waals surface area contributed by atoms with Gasteiger partial charge >= 0.3 is 0 Å². The van der Waals surface area contributed by atoms with Crippen molar-refractivity contribution in [3.05, 3.63) is 41.1 Å². The summed E-state index contributed by atoms with van der Waals surface area (Å²) in [6.07, 6.45) is 2.28. The summed E-state index contributed by atoms with van der Waals surface area (Å²) in [4.78, 5) is 6.92. The van der Waals surface area contributed by atoms with Crippen LogP contribution in [-0.2, 0) is 6.54 Å². The van der Waals surface area contributed by atoms with Crippen LogP contribution in [0.4, 0.5) is 0 Å². The molecular formula is C18H24N2O3. The largest absolute Gasteiger partial charge is 0.497 e. The Balaban J connectivity index is 1.83. The summed E-state index contributed by atoms with van der Waals surface area (Å²) in [6.45, 7) is 5.71. The van der Waals surface area contributed by atoms with E-state index in [1.54, 1.807) is 14.2 Å². The van der Waals surface area contributed by atoms with E-state index >= 15 is 0 Å². The lowest BCUT2D eigenvalue weighted by Gasteiger charge is -2.25. The molecule has 1 aliphatic heterocycles. The van der Waals surface area contributed by atoms with Crippen LogP contribution in [0.15, 0.2) is 22.6 Å². The quantitative estimate of drug-likeness (QED) is 0.842. The Kier molecular flexibility index (Phi) is 4.57. The van der Waals surface area contributed by atoms with E-state index in [1.165, 1.54) is 12.0 Å². The third-order valence-electron chi connectivity index (χ3n) is 4.57. The number of aryl methyl sites for hydroxylation is 2. The lowest BCUT2D eigenvalue weighted by molar-refractivity contribution is 0.218. The highest BCUT2D eigenvalue weighted by molar-refractivity contribution is 5.42. The Morgan fingerprint density at radius 1 is 1.26 bits per heavy atom. The van der Waals surface area contributed by atoms with Crippen LogP contribution in [0.2, 0.25) is 0 Å². The van der Waals surface area contributed by atoms with Gasteiger partial charge in [0, 0.05) is 17.7 Å². The minimum absolute atomic E-state index is 0.323. The smallest absolute Gasteiger partial charge is 0.208 e. The molecule has 3 rings (SSSR count). The molecule has 0 unspecified atom stereocenters. The zero-order valence-electron chi connectivity index (χ0n) is 14.3. The molecule has 5 nitrogen and oxygen atoms in total. The Bertz CT molecular complexity index is 661. The number of ether oxygens (including phenoxy) is 2. The molecule has 1 atom stereocenters. The predicted molar refractivity (Wildman–Crippen MR) is 87.9 cm³/mol. The average Bonchev–Trinajstić information content (AvgIpc) is 3.13. The highest BCUT2D eigenvalue weighted by Gasteiger charge is 2.29. The second-order valence-corrected chi connectivity index (χ2v) is 5.99. The lowest BCUT2D eigenvalue weighted by atomic mass is 10.0. The van der Waals surface area contributed by atoms with Gasteiger partial charge in [0.2, 0.25) is 5.89 Å². The minimum atomic E-state index is 0.323. The molecule has 124 valence electrons. The van der Waals surface area contributed by atoms with Crippen LogP contribution in [0.25, 0.3) is 0 Å². The molecule has 1 aliphatic rings. The molecule has 0 amide bonds. The topological polar surface area (TPSA) is 47.7 Å². The zero-order chi connectivity index (χ0) is 16.4. The first-order chi connectivity index (χ1) is 11.1. The van der Waals surface area contributed by atoms with Crippen molar-refractivity contribution in [2.75, 3.05) is 20.8 Å². The second-order valence-electron chi connectivity index (χ2n) is 5.99. The maximum absolute atomic E-state index is 5.75. The first-order valence-corrected chi connectivity index (χ1v) is 8.01. The molecule has 0 spiro atoms. The fourth-order valence-corrected chi connectivity index (χ4v) is 3.24. The molecule has 2 aromatic rings. The summed E-state index contributed by atoms with van der Waals surface area (Å²) in [5.41, 5.74) is 2.17. The Labute approximate surface area is 137 Å². The third-order valence-corrected chi connectivity index (χ3v) is 4.57. The summed E-state index contributed by atoms with van der Waals surface area (Å²) in [7, 11) is 3.38. The molecule has 23 heavy (non-hydrogen) atoms. The number of oxazole rings is 1. The van der Waals surface area contributed by atoms with Crippen LogP contribution in [0.5, 0.6) is 11.5 Å². The number of benzene rings is 1. The van der Waals surface area contributed by atoms with Gasteiger partial charge in [0.15, 0.2) is 0 Å². The number of aromatic nitrogens is 1. The van der Waals surface area contributed by atoms with Crippen LogP contribution >= 0.6 is 0 Å². The summed E-state index contributed by atoms with van der Waals surface area (Å²) in [6, 6.07) is 6.37. The molecule has 1 fully saturated rings. The monoisotopic (exact) mass is 316 g/mol. The van der Waals surface area contributed by atoms with E-state index < -0.39 is 0 Å². The first-order valence-electron chi connectivity index (χ1n) is 8.01. The molecule has 1 aromatic carbocycles. The minimum Gasteiger partial charge on any atom is -0.497 e. The van der Waals surface area contributed by atoms with E-state index in [1.807, 2.05) is 26.0 Å². The van der Waals surface area contributed by atoms with E-state index in [9.17, 15) is 0 Å². The molecule has 1 aromatic heterocycles. The SMILES string of the molecule is COc1ccc([C@@H]2CCCN2Cc2nc(C)c(C)o2)c(OC)c1. The van der Waals surface area contributed by atoms with Gasteiger partial charge in [0.05, 0.1) is 26.5 Å². The number of likely N-dealkylation sites (tertiary alicyclic amines) is 1. The number of hydrogen-bond acceptors (Lipinski definition) is 5. The summed E-state index contributed by atoms with van der Waals surface area (Å²) in [5, 5.41) is 0. The normalized spacial score (nSPS) is 18.3. The fourth-order valence-electron chi connectivity index (χ4n) is 3.24. The van der Waals surface area contributed by atoms with Crippen molar-refractivity contribution < 1.29 is 13.9 Å². The highest BCUT2D eigenvalue weighted by Crippen LogP contribution is 2.39. The van der Waals surface area contributed by atoms with Gasteiger partial charge in [-0.1, -0.05) is 6.07 Å². The van der Waals surface area contributed by atoms with Gasteiger partial charge in [0.25, 0.3) is 0 Å². The van der Waals surface area contributed by atoms with Crippen molar-refractivity contribution >= 4 is 0 Å². The molecule has 0 bridgehead atoms. The van der Waals surface area contributed by atoms with Crippen molar-refractivity contribution in [3.63, 3.8) is 0 Å². The van der Waals surface area contributed by atoms with Crippen molar-refractivity contribution in [3.8, 4) is 11.5 Å². The fraction of sp³-hybridized carbons (Fsp3) is 0.500. The lowest BCUT2D eigenvalue weighted by Crippen LogP contribution is -2.23. The number of rotatable bonds is 5. The van der Waals surface area contributed by atoms with Gasteiger partial charge in [0.1, 0.15) is 17.3 Å². The molecule has 0 aliphatic carbocycles. The average molecular weight is 316 g/mol. The van der Waals surface area contributed by atoms with E-state index in [-0.39, 0.29) is 0 Å². The van der Waals surface area contributed by atoms with Gasteiger partial charge in [-0.25, -0.2) is 4.98 Å². The molecule has 0 N–H and O–H groups in total. The van der Waals surface area contributed by atoms with Crippen molar-refractivity contribution in [2.24, 2.45) is 0 Å². The number of nitrogens with zero attached hydrogens (tertiary/aromatic N) is 2. The van der Waals surface area contributed by atoms with Crippen LogP contribution in [0.1, 0.15) is 41.8 Å². The Morgan fingerprint density at radius 3 is 2.74 bits per heavy atom. The summed E-state index contributed by atoms with van der Waals surface area (Å²) >= 11 is 0. The van der Waals surface area contributed by atoms with Gasteiger partial charge in [-0.05, 0) is 39.3 Å². The van der Waals surface area contributed by atoms with Crippen LogP contribution in [0, 0.1) is 13.8 Å². The van der Waals surface area contributed by atoms with E-state index in [0.717, 1.165) is 48.4 Å². The first kappa shape index (κ1) is 15.9. The molecule has 1 saturated heterocycles. The second kappa shape index (κ2) is 6.62. The van der Waals surface area contributed by atoms with Gasteiger partial charge in [-0.2, -0.15) is 0 Å². The Hall–Kier alpha value is -2.01. The summed E-state index contributed by atoms with van der Waals surface area (Å²) < 4.78 is 16.6. The third kappa shape index (κ3) is 3.20. The number of hydrogen-bond donors (Lipinski definition) is 0. The highest BCUT2D eigenvalue weighted by atomic mass is 16.5. The van der Waals surface area contributed by atoms with E-state index in [2.05, 4.69) is 16.0 Å². The standard InChI is InChI=1S/C18H24N2O3/c1-12-13(2)23-18(19-12)11-20-9-5-6-16(20)15-8-7-14(21-3)10-17(15)22-4/h7-8,10,16H,5-6,9,11H2,1-4H3/t16-/m0/s1. The maximum atomic E-state index is 5.75. The van der Waals surface area contributed by atoms with Crippen molar-refractivity contribution in [1.82, 2.24) is 9.88 Å². The van der Waals surface area contributed by atoms with Gasteiger partial charge < -0.3 is 13.9 Å². The van der Waals surface area contributed by atoms with Crippen LogP contribution < -0.4 is 9.47 Å². The van der Waals surface area contributed by atoms with Crippen LogP contribution in [-0.4, -0.2) is 30.6 Å². The predicted octanol–water partition coefficient (Wildman–Crippen LogP) is 3.65. The van der Waals surface area contributed by atoms with Crippen molar-refractivity contribution in [1.29, 1.82) is 0 Å². The van der Waals surface area contributed by atoms with Gasteiger partial charge in [-0.15, -0.1) is 0 Å². The van der Waals surface area contributed by atoms with E-state index in [4.69, 9.17) is 13.9 Å². The molecular weight excluding hydrogens is 292 g/mol. The molecule has 2 heterocycles. The van der Waals surface area contributed by atoms with Crippen LogP contribution in [0.3, 0.4) is 0 Å². The van der Waals surface area contributed by atoms with E-state index in [0.29, 0.717) is 6.04 Å². The molecule has 0 saturated carbocycles. The summed E-state index contributed by atoms with van der Waals surface area (Å²) in [5.74, 6) is 3.38. The number of methoxy groups -OCH3 is 2. The molecule has 0 radical (unpaired) electrons.